The lowest BCUT2D eigenvalue weighted by atomic mass is 9.94. The lowest BCUT2D eigenvalue weighted by molar-refractivity contribution is 0.345. The topological polar surface area (TPSA) is 38.0 Å². The fourth-order valence-corrected chi connectivity index (χ4v) is 2.76. The molecule has 2 nitrogen and oxygen atoms in total. The molecular weight excluding hydrogens is 192 g/mol. The first-order chi connectivity index (χ1) is 6.81. The highest BCUT2D eigenvalue weighted by molar-refractivity contribution is 7.09. The molecule has 0 spiro atoms. The van der Waals surface area contributed by atoms with E-state index in [0.717, 1.165) is 12.3 Å². The Hall–Kier alpha value is -0.380. The third-order valence-corrected chi connectivity index (χ3v) is 4.11. The Labute approximate surface area is 89.5 Å². The Bertz CT molecular complexity index is 267. The third-order valence-electron chi connectivity index (χ3n) is 3.22. The molecule has 1 aliphatic rings. The van der Waals surface area contributed by atoms with E-state index in [-0.39, 0.29) is 0 Å². The summed E-state index contributed by atoms with van der Waals surface area (Å²) in [6.07, 6.45) is 3.86. The molecular formula is C11H18N2S. The first-order valence-electron chi connectivity index (χ1n) is 5.29. The van der Waals surface area contributed by atoms with Gasteiger partial charge in [0.15, 0.2) is 0 Å². The number of hydrogen-bond acceptors (Lipinski definition) is 3. The van der Waals surface area contributed by atoms with Crippen LogP contribution < -0.4 is 11.3 Å². The molecule has 0 radical (unpaired) electrons. The maximum atomic E-state index is 5.61. The second-order valence-corrected chi connectivity index (χ2v) is 5.29. The molecule has 2 rings (SSSR count). The van der Waals surface area contributed by atoms with Crippen molar-refractivity contribution >= 4 is 11.3 Å². The third kappa shape index (κ3) is 2.35. The summed E-state index contributed by atoms with van der Waals surface area (Å²) in [7, 11) is 0. The fourth-order valence-electron chi connectivity index (χ4n) is 1.99. The van der Waals surface area contributed by atoms with Crippen molar-refractivity contribution in [2.75, 3.05) is 0 Å². The number of hydrazine groups is 1. The highest BCUT2D eigenvalue weighted by Crippen LogP contribution is 2.38. The normalized spacial score (nSPS) is 20.7. The van der Waals surface area contributed by atoms with Crippen molar-refractivity contribution in [3.8, 4) is 0 Å². The first kappa shape index (κ1) is 10.1. The Morgan fingerprint density at radius 1 is 1.64 bits per heavy atom. The number of nitrogens with one attached hydrogen (secondary N) is 1. The highest BCUT2D eigenvalue weighted by Gasteiger charge is 2.32. The molecule has 1 saturated carbocycles. The zero-order valence-corrected chi connectivity index (χ0v) is 9.39. The van der Waals surface area contributed by atoms with Crippen molar-refractivity contribution < 1.29 is 0 Å². The molecule has 3 heteroatoms. The van der Waals surface area contributed by atoms with E-state index in [1.165, 1.54) is 17.7 Å². The quantitative estimate of drug-likeness (QED) is 0.577. The van der Waals surface area contributed by atoms with Gasteiger partial charge in [-0.2, -0.15) is 0 Å². The van der Waals surface area contributed by atoms with Crippen molar-refractivity contribution in [3.63, 3.8) is 0 Å². The lowest BCUT2D eigenvalue weighted by Crippen LogP contribution is -2.42. The molecule has 0 aromatic carbocycles. The van der Waals surface area contributed by atoms with Gasteiger partial charge in [-0.15, -0.1) is 11.3 Å². The van der Waals surface area contributed by atoms with Crippen molar-refractivity contribution in [1.29, 1.82) is 0 Å². The summed E-state index contributed by atoms with van der Waals surface area (Å²) >= 11 is 1.82. The van der Waals surface area contributed by atoms with E-state index in [0.29, 0.717) is 12.0 Å². The molecule has 2 atom stereocenters. The van der Waals surface area contributed by atoms with Gasteiger partial charge in [-0.3, -0.25) is 11.3 Å². The summed E-state index contributed by atoms with van der Waals surface area (Å²) in [4.78, 5) is 1.43. The van der Waals surface area contributed by atoms with E-state index < -0.39 is 0 Å². The minimum atomic E-state index is 0.446. The van der Waals surface area contributed by atoms with Gasteiger partial charge in [0.2, 0.25) is 0 Å². The minimum Gasteiger partial charge on any atom is -0.271 e. The standard InChI is InChI=1S/C11H18N2S/c1-8(9-4-5-9)11(13-12)7-10-3-2-6-14-10/h2-3,6,8-9,11,13H,4-5,7,12H2,1H3. The van der Waals surface area contributed by atoms with Crippen molar-refractivity contribution in [3.05, 3.63) is 22.4 Å². The van der Waals surface area contributed by atoms with Crippen LogP contribution in [0.25, 0.3) is 0 Å². The molecule has 0 saturated heterocycles. The maximum absolute atomic E-state index is 5.61. The van der Waals surface area contributed by atoms with Crippen molar-refractivity contribution in [1.82, 2.24) is 5.43 Å². The SMILES string of the molecule is CC(C1CC1)C(Cc1cccs1)NN. The average Bonchev–Trinajstić information content (AvgIpc) is 2.93. The second kappa shape index (κ2) is 4.43. The molecule has 1 fully saturated rings. The molecule has 2 unspecified atom stereocenters. The van der Waals surface area contributed by atoms with E-state index in [1.807, 2.05) is 11.3 Å². The predicted molar refractivity (Wildman–Crippen MR) is 61.0 cm³/mol. The monoisotopic (exact) mass is 210 g/mol. The van der Waals surface area contributed by atoms with Crippen molar-refractivity contribution in [2.24, 2.45) is 17.7 Å². The van der Waals surface area contributed by atoms with E-state index in [4.69, 9.17) is 5.84 Å². The summed E-state index contributed by atoms with van der Waals surface area (Å²) < 4.78 is 0. The van der Waals surface area contributed by atoms with Gasteiger partial charge in [0, 0.05) is 10.9 Å². The van der Waals surface area contributed by atoms with Gasteiger partial charge in [-0.05, 0) is 42.5 Å². The molecule has 1 heterocycles. The summed E-state index contributed by atoms with van der Waals surface area (Å²) in [5.41, 5.74) is 2.97. The van der Waals surface area contributed by atoms with Gasteiger partial charge in [0.25, 0.3) is 0 Å². The summed E-state index contributed by atoms with van der Waals surface area (Å²) in [5, 5.41) is 2.13. The number of thiophene rings is 1. The van der Waals surface area contributed by atoms with Gasteiger partial charge in [-0.25, -0.2) is 0 Å². The van der Waals surface area contributed by atoms with E-state index in [1.54, 1.807) is 0 Å². The molecule has 1 aromatic rings. The lowest BCUT2D eigenvalue weighted by Gasteiger charge is -2.22. The average molecular weight is 210 g/mol. The number of rotatable bonds is 5. The van der Waals surface area contributed by atoms with Crippen LogP contribution in [0.5, 0.6) is 0 Å². The van der Waals surface area contributed by atoms with Crippen LogP contribution in [0.2, 0.25) is 0 Å². The smallest absolute Gasteiger partial charge is 0.0287 e. The summed E-state index contributed by atoms with van der Waals surface area (Å²) in [5.74, 6) is 7.23. The molecule has 1 aromatic heterocycles. The molecule has 14 heavy (non-hydrogen) atoms. The van der Waals surface area contributed by atoms with Gasteiger partial charge in [0.1, 0.15) is 0 Å². The zero-order valence-electron chi connectivity index (χ0n) is 8.57. The predicted octanol–water partition coefficient (Wildman–Crippen LogP) is 2.17. The van der Waals surface area contributed by atoms with Gasteiger partial charge in [-0.1, -0.05) is 13.0 Å². The zero-order chi connectivity index (χ0) is 9.97. The maximum Gasteiger partial charge on any atom is 0.0287 e. The fraction of sp³-hybridized carbons (Fsp3) is 0.636. The van der Waals surface area contributed by atoms with Gasteiger partial charge in [0.05, 0.1) is 0 Å². The molecule has 1 aliphatic carbocycles. The largest absolute Gasteiger partial charge is 0.271 e. The van der Waals surface area contributed by atoms with E-state index >= 15 is 0 Å². The molecule has 0 aliphatic heterocycles. The van der Waals surface area contributed by atoms with Crippen LogP contribution in [0.1, 0.15) is 24.6 Å². The Balaban J connectivity index is 1.92. The first-order valence-corrected chi connectivity index (χ1v) is 6.17. The molecule has 0 bridgehead atoms. The Morgan fingerprint density at radius 3 is 2.93 bits per heavy atom. The highest BCUT2D eigenvalue weighted by atomic mass is 32.1. The summed E-state index contributed by atoms with van der Waals surface area (Å²) in [6.45, 7) is 2.32. The van der Waals surface area contributed by atoms with Crippen LogP contribution in [-0.2, 0) is 6.42 Å². The molecule has 3 N–H and O–H groups in total. The van der Waals surface area contributed by atoms with Crippen molar-refractivity contribution in [2.45, 2.75) is 32.2 Å². The van der Waals surface area contributed by atoms with E-state index in [9.17, 15) is 0 Å². The summed E-state index contributed by atoms with van der Waals surface area (Å²) in [6, 6.07) is 4.74. The number of hydrogen-bond donors (Lipinski definition) is 2. The van der Waals surface area contributed by atoms with Crippen LogP contribution in [0.3, 0.4) is 0 Å². The van der Waals surface area contributed by atoms with Crippen LogP contribution in [0.15, 0.2) is 17.5 Å². The second-order valence-electron chi connectivity index (χ2n) is 4.25. The molecule has 78 valence electrons. The van der Waals surface area contributed by atoms with E-state index in [2.05, 4.69) is 29.9 Å². The van der Waals surface area contributed by atoms with Crippen LogP contribution in [-0.4, -0.2) is 6.04 Å². The Kier molecular flexibility index (Phi) is 3.21. The molecule has 0 amide bonds. The van der Waals surface area contributed by atoms with Gasteiger partial charge >= 0.3 is 0 Å². The van der Waals surface area contributed by atoms with Gasteiger partial charge < -0.3 is 0 Å². The van der Waals surface area contributed by atoms with Crippen LogP contribution >= 0.6 is 11.3 Å². The van der Waals surface area contributed by atoms with Crippen LogP contribution in [0.4, 0.5) is 0 Å². The van der Waals surface area contributed by atoms with Crippen LogP contribution in [0, 0.1) is 11.8 Å². The Morgan fingerprint density at radius 2 is 2.43 bits per heavy atom. The number of nitrogens with two attached hydrogens (primary N) is 1. The minimum absolute atomic E-state index is 0.446.